The zero-order chi connectivity index (χ0) is 14.4. The Labute approximate surface area is 123 Å². The fourth-order valence-electron chi connectivity index (χ4n) is 3.25. The van der Waals surface area contributed by atoms with Gasteiger partial charge in [-0.25, -0.2) is 0 Å². The Morgan fingerprint density at radius 1 is 1.25 bits per heavy atom. The average molecular weight is 278 g/mol. The van der Waals surface area contributed by atoms with Gasteiger partial charge in [0, 0.05) is 18.2 Å². The van der Waals surface area contributed by atoms with Crippen LogP contribution in [0.2, 0.25) is 0 Å². The van der Waals surface area contributed by atoms with Crippen LogP contribution >= 0.6 is 0 Å². The highest BCUT2D eigenvalue weighted by Gasteiger charge is 2.21. The van der Waals surface area contributed by atoms with E-state index in [0.717, 1.165) is 43.7 Å². The first-order valence-corrected chi connectivity index (χ1v) is 8.27. The second kappa shape index (κ2) is 7.84. The highest BCUT2D eigenvalue weighted by Crippen LogP contribution is 2.25. The Morgan fingerprint density at radius 3 is 2.65 bits per heavy atom. The summed E-state index contributed by atoms with van der Waals surface area (Å²) in [5, 5.41) is 3.38. The van der Waals surface area contributed by atoms with E-state index in [2.05, 4.69) is 37.1 Å². The Morgan fingerprint density at radius 2 is 2.00 bits per heavy atom. The van der Waals surface area contributed by atoms with Gasteiger partial charge in [-0.15, -0.1) is 0 Å². The van der Waals surface area contributed by atoms with Crippen molar-refractivity contribution in [3.63, 3.8) is 0 Å². The highest BCUT2D eigenvalue weighted by molar-refractivity contribution is 5.20. The van der Waals surface area contributed by atoms with Crippen molar-refractivity contribution in [3.05, 3.63) is 23.2 Å². The van der Waals surface area contributed by atoms with Gasteiger partial charge in [0.05, 0.1) is 6.54 Å². The van der Waals surface area contributed by atoms with Gasteiger partial charge >= 0.3 is 0 Å². The monoisotopic (exact) mass is 278 g/mol. The van der Waals surface area contributed by atoms with Gasteiger partial charge in [0.15, 0.2) is 0 Å². The number of nitrogens with zero attached hydrogens (tertiary/aromatic N) is 1. The predicted molar refractivity (Wildman–Crippen MR) is 83.8 cm³/mol. The van der Waals surface area contributed by atoms with E-state index in [4.69, 9.17) is 4.42 Å². The molecule has 1 heterocycles. The quantitative estimate of drug-likeness (QED) is 0.821. The molecule has 1 aliphatic carbocycles. The van der Waals surface area contributed by atoms with Gasteiger partial charge in [-0.1, -0.05) is 33.1 Å². The van der Waals surface area contributed by atoms with Crippen molar-refractivity contribution < 1.29 is 4.42 Å². The zero-order valence-electron chi connectivity index (χ0n) is 13.4. The van der Waals surface area contributed by atoms with E-state index in [1.54, 1.807) is 0 Å². The first-order valence-electron chi connectivity index (χ1n) is 8.27. The molecule has 1 aromatic rings. The molecule has 2 rings (SSSR count). The van der Waals surface area contributed by atoms with E-state index in [-0.39, 0.29) is 0 Å². The van der Waals surface area contributed by atoms with Gasteiger partial charge in [0.2, 0.25) is 0 Å². The Balaban J connectivity index is 1.96. The van der Waals surface area contributed by atoms with Crippen LogP contribution < -0.4 is 5.32 Å². The number of hydrogen-bond donors (Lipinski definition) is 1. The molecular weight excluding hydrogens is 248 g/mol. The fourth-order valence-corrected chi connectivity index (χ4v) is 3.25. The molecular formula is C17H30N2O. The fraction of sp³-hybridized carbons (Fsp3) is 0.765. The van der Waals surface area contributed by atoms with E-state index in [1.165, 1.54) is 37.7 Å². The molecule has 0 bridgehead atoms. The Hall–Kier alpha value is -0.800. The largest absolute Gasteiger partial charge is 0.465 e. The van der Waals surface area contributed by atoms with Crippen molar-refractivity contribution in [2.75, 3.05) is 13.1 Å². The van der Waals surface area contributed by atoms with Gasteiger partial charge in [-0.05, 0) is 38.9 Å². The van der Waals surface area contributed by atoms with Crippen molar-refractivity contribution in [1.29, 1.82) is 0 Å². The molecule has 20 heavy (non-hydrogen) atoms. The van der Waals surface area contributed by atoms with Crippen LogP contribution in [0.15, 0.2) is 10.5 Å². The third-order valence-electron chi connectivity index (χ3n) is 4.49. The maximum absolute atomic E-state index is 5.95. The minimum Gasteiger partial charge on any atom is -0.465 e. The topological polar surface area (TPSA) is 28.4 Å². The number of furan rings is 1. The van der Waals surface area contributed by atoms with Crippen LogP contribution in [0.5, 0.6) is 0 Å². The van der Waals surface area contributed by atoms with Crippen LogP contribution in [0.3, 0.4) is 0 Å². The first kappa shape index (κ1) is 15.6. The lowest BCUT2D eigenvalue weighted by Crippen LogP contribution is -2.35. The summed E-state index contributed by atoms with van der Waals surface area (Å²) in [4.78, 5) is 2.59. The lowest BCUT2D eigenvalue weighted by molar-refractivity contribution is 0.145. The molecule has 0 amide bonds. The predicted octanol–water partition coefficient (Wildman–Crippen LogP) is 3.85. The molecule has 114 valence electrons. The first-order chi connectivity index (χ1) is 9.74. The van der Waals surface area contributed by atoms with Gasteiger partial charge < -0.3 is 9.73 Å². The summed E-state index contributed by atoms with van der Waals surface area (Å²) in [6.07, 6.45) is 6.92. The Bertz CT molecular complexity index is 394. The standard InChI is InChI=1S/C17H30N2O/c1-4-18-12-15-11-17(20-14(15)3)13-19(5-2)16-9-7-6-8-10-16/h11,16,18H,4-10,12-13H2,1-3H3. The number of hydrogen-bond acceptors (Lipinski definition) is 3. The van der Waals surface area contributed by atoms with Crippen LogP contribution in [-0.4, -0.2) is 24.0 Å². The second-order valence-electron chi connectivity index (χ2n) is 5.93. The molecule has 0 radical (unpaired) electrons. The normalized spacial score (nSPS) is 17.0. The third kappa shape index (κ3) is 4.10. The molecule has 0 aliphatic heterocycles. The van der Waals surface area contributed by atoms with Gasteiger partial charge in [-0.2, -0.15) is 0 Å². The molecule has 1 aromatic heterocycles. The van der Waals surface area contributed by atoms with Crippen molar-refractivity contribution in [3.8, 4) is 0 Å². The van der Waals surface area contributed by atoms with E-state index in [9.17, 15) is 0 Å². The molecule has 1 saturated carbocycles. The lowest BCUT2D eigenvalue weighted by atomic mass is 9.94. The van der Waals surface area contributed by atoms with Crippen molar-refractivity contribution in [1.82, 2.24) is 10.2 Å². The van der Waals surface area contributed by atoms with Gasteiger partial charge in [-0.3, -0.25) is 4.90 Å². The highest BCUT2D eigenvalue weighted by atomic mass is 16.3. The average Bonchev–Trinajstić information content (AvgIpc) is 2.83. The number of aryl methyl sites for hydroxylation is 1. The van der Waals surface area contributed by atoms with Crippen LogP contribution in [-0.2, 0) is 13.1 Å². The smallest absolute Gasteiger partial charge is 0.118 e. The molecule has 1 fully saturated rings. The van der Waals surface area contributed by atoms with Crippen LogP contribution in [0.1, 0.15) is 63.0 Å². The minimum absolute atomic E-state index is 0.761. The summed E-state index contributed by atoms with van der Waals surface area (Å²) >= 11 is 0. The van der Waals surface area contributed by atoms with E-state index < -0.39 is 0 Å². The van der Waals surface area contributed by atoms with E-state index in [0.29, 0.717) is 0 Å². The summed E-state index contributed by atoms with van der Waals surface area (Å²) in [7, 11) is 0. The van der Waals surface area contributed by atoms with Crippen molar-refractivity contribution >= 4 is 0 Å². The van der Waals surface area contributed by atoms with Crippen LogP contribution in [0.4, 0.5) is 0 Å². The minimum atomic E-state index is 0.761. The molecule has 0 unspecified atom stereocenters. The molecule has 3 heteroatoms. The third-order valence-corrected chi connectivity index (χ3v) is 4.49. The summed E-state index contributed by atoms with van der Waals surface area (Å²) in [6, 6.07) is 3.00. The summed E-state index contributed by atoms with van der Waals surface area (Å²) in [6.45, 7) is 10.5. The number of nitrogens with one attached hydrogen (secondary N) is 1. The zero-order valence-corrected chi connectivity index (χ0v) is 13.4. The second-order valence-corrected chi connectivity index (χ2v) is 5.93. The lowest BCUT2D eigenvalue weighted by Gasteiger charge is -2.32. The van der Waals surface area contributed by atoms with Crippen LogP contribution in [0, 0.1) is 6.92 Å². The van der Waals surface area contributed by atoms with Crippen molar-refractivity contribution in [2.24, 2.45) is 0 Å². The van der Waals surface area contributed by atoms with Gasteiger partial charge in [0.25, 0.3) is 0 Å². The Kier molecular flexibility index (Phi) is 6.11. The summed E-state index contributed by atoms with van der Waals surface area (Å²) in [5.41, 5.74) is 1.31. The van der Waals surface area contributed by atoms with E-state index >= 15 is 0 Å². The molecule has 1 N–H and O–H groups in total. The van der Waals surface area contributed by atoms with Crippen LogP contribution in [0.25, 0.3) is 0 Å². The van der Waals surface area contributed by atoms with Crippen molar-refractivity contribution in [2.45, 2.75) is 72.0 Å². The summed E-state index contributed by atoms with van der Waals surface area (Å²) < 4.78 is 5.95. The van der Waals surface area contributed by atoms with Gasteiger partial charge in [0.1, 0.15) is 11.5 Å². The number of rotatable bonds is 7. The SMILES string of the molecule is CCNCc1cc(CN(CC)C2CCCCC2)oc1C. The molecule has 0 spiro atoms. The van der Waals surface area contributed by atoms with E-state index in [1.807, 2.05) is 0 Å². The maximum atomic E-state index is 5.95. The maximum Gasteiger partial charge on any atom is 0.118 e. The molecule has 0 atom stereocenters. The molecule has 3 nitrogen and oxygen atoms in total. The summed E-state index contributed by atoms with van der Waals surface area (Å²) in [5.74, 6) is 2.20. The molecule has 0 saturated heterocycles. The molecule has 1 aliphatic rings. The molecule has 0 aromatic carbocycles.